The smallest absolute Gasteiger partial charge is 0.242 e. The summed E-state index contributed by atoms with van der Waals surface area (Å²) in [5.41, 5.74) is 6.75. The SMILES string of the molecule is Cc1ccc(NC(=O)[C@H](N)C(C)C)nc1. The van der Waals surface area contributed by atoms with E-state index in [0.717, 1.165) is 5.56 Å². The van der Waals surface area contributed by atoms with Gasteiger partial charge in [0.25, 0.3) is 0 Å². The molecule has 1 amide bonds. The highest BCUT2D eigenvalue weighted by atomic mass is 16.2. The minimum absolute atomic E-state index is 0.121. The van der Waals surface area contributed by atoms with E-state index in [-0.39, 0.29) is 11.8 Å². The summed E-state index contributed by atoms with van der Waals surface area (Å²) >= 11 is 0. The lowest BCUT2D eigenvalue weighted by Gasteiger charge is -2.14. The molecule has 0 unspecified atom stereocenters. The van der Waals surface area contributed by atoms with Gasteiger partial charge >= 0.3 is 0 Å². The maximum atomic E-state index is 11.6. The van der Waals surface area contributed by atoms with E-state index >= 15 is 0 Å². The quantitative estimate of drug-likeness (QED) is 0.785. The zero-order valence-corrected chi connectivity index (χ0v) is 9.32. The van der Waals surface area contributed by atoms with E-state index in [4.69, 9.17) is 5.73 Å². The lowest BCUT2D eigenvalue weighted by Crippen LogP contribution is -2.39. The van der Waals surface area contributed by atoms with E-state index in [0.29, 0.717) is 5.82 Å². The van der Waals surface area contributed by atoms with Crippen molar-refractivity contribution < 1.29 is 4.79 Å². The minimum Gasteiger partial charge on any atom is -0.320 e. The number of nitrogens with zero attached hydrogens (tertiary/aromatic N) is 1. The zero-order chi connectivity index (χ0) is 11.4. The van der Waals surface area contributed by atoms with E-state index in [1.165, 1.54) is 0 Å². The Bertz CT molecular complexity index is 332. The normalized spacial score (nSPS) is 12.6. The fourth-order valence-corrected chi connectivity index (χ4v) is 1.05. The Morgan fingerprint density at radius 3 is 2.60 bits per heavy atom. The first-order valence-electron chi connectivity index (χ1n) is 5.00. The molecule has 4 heteroatoms. The van der Waals surface area contributed by atoms with Crippen molar-refractivity contribution in [3.63, 3.8) is 0 Å². The predicted molar refractivity (Wildman–Crippen MR) is 60.4 cm³/mol. The molecular formula is C11H17N3O. The third-order valence-electron chi connectivity index (χ3n) is 2.18. The minimum atomic E-state index is -0.492. The summed E-state index contributed by atoms with van der Waals surface area (Å²) in [6.07, 6.45) is 1.70. The van der Waals surface area contributed by atoms with Crippen LogP contribution < -0.4 is 11.1 Å². The molecule has 4 nitrogen and oxygen atoms in total. The van der Waals surface area contributed by atoms with Gasteiger partial charge in [-0.25, -0.2) is 4.98 Å². The lowest BCUT2D eigenvalue weighted by atomic mass is 10.1. The zero-order valence-electron chi connectivity index (χ0n) is 9.32. The molecular weight excluding hydrogens is 190 g/mol. The molecule has 0 saturated carbocycles. The highest BCUT2D eigenvalue weighted by molar-refractivity contribution is 5.93. The van der Waals surface area contributed by atoms with Gasteiger partial charge in [-0.05, 0) is 24.5 Å². The van der Waals surface area contributed by atoms with Gasteiger partial charge in [0.2, 0.25) is 5.91 Å². The number of amides is 1. The third-order valence-corrected chi connectivity index (χ3v) is 2.18. The lowest BCUT2D eigenvalue weighted by molar-refractivity contribution is -0.118. The van der Waals surface area contributed by atoms with E-state index in [1.54, 1.807) is 12.3 Å². The van der Waals surface area contributed by atoms with Crippen LogP contribution >= 0.6 is 0 Å². The molecule has 0 aliphatic heterocycles. The van der Waals surface area contributed by atoms with Crippen molar-refractivity contribution >= 4 is 11.7 Å². The maximum Gasteiger partial charge on any atom is 0.242 e. The molecule has 82 valence electrons. The molecule has 1 aromatic heterocycles. The summed E-state index contributed by atoms with van der Waals surface area (Å²) in [7, 11) is 0. The highest BCUT2D eigenvalue weighted by Gasteiger charge is 2.17. The molecule has 0 aromatic carbocycles. The summed E-state index contributed by atoms with van der Waals surface area (Å²) in [5, 5.41) is 2.68. The second kappa shape index (κ2) is 4.89. The molecule has 1 aromatic rings. The van der Waals surface area contributed by atoms with Crippen LogP contribution in [0.5, 0.6) is 0 Å². The largest absolute Gasteiger partial charge is 0.320 e. The summed E-state index contributed by atoms with van der Waals surface area (Å²) in [6.45, 7) is 5.76. The number of carbonyl (C=O) groups excluding carboxylic acids is 1. The van der Waals surface area contributed by atoms with Gasteiger partial charge in [0.05, 0.1) is 6.04 Å². The monoisotopic (exact) mass is 207 g/mol. The number of pyridine rings is 1. The Kier molecular flexibility index (Phi) is 3.80. The molecule has 0 spiro atoms. The van der Waals surface area contributed by atoms with E-state index in [9.17, 15) is 4.79 Å². The van der Waals surface area contributed by atoms with Gasteiger partial charge in [-0.1, -0.05) is 19.9 Å². The molecule has 0 radical (unpaired) electrons. The number of aryl methyl sites for hydroxylation is 1. The fourth-order valence-electron chi connectivity index (χ4n) is 1.05. The van der Waals surface area contributed by atoms with Crippen LogP contribution in [0, 0.1) is 12.8 Å². The molecule has 15 heavy (non-hydrogen) atoms. The Balaban J connectivity index is 2.62. The molecule has 0 aliphatic rings. The summed E-state index contributed by atoms with van der Waals surface area (Å²) in [5.74, 6) is 0.471. The average molecular weight is 207 g/mol. The van der Waals surface area contributed by atoms with Crippen LogP contribution in [0.1, 0.15) is 19.4 Å². The fraction of sp³-hybridized carbons (Fsp3) is 0.455. The average Bonchev–Trinajstić information content (AvgIpc) is 2.20. The Labute approximate surface area is 89.9 Å². The predicted octanol–water partition coefficient (Wildman–Crippen LogP) is 1.31. The number of hydrogen-bond donors (Lipinski definition) is 2. The van der Waals surface area contributed by atoms with Crippen LogP contribution in [-0.2, 0) is 4.79 Å². The molecule has 0 aliphatic carbocycles. The Morgan fingerprint density at radius 2 is 2.13 bits per heavy atom. The van der Waals surface area contributed by atoms with Crippen LogP contribution in [0.2, 0.25) is 0 Å². The van der Waals surface area contributed by atoms with Crippen LogP contribution in [0.3, 0.4) is 0 Å². The number of hydrogen-bond acceptors (Lipinski definition) is 3. The van der Waals surface area contributed by atoms with Gasteiger partial charge in [0, 0.05) is 6.20 Å². The van der Waals surface area contributed by atoms with E-state index in [2.05, 4.69) is 10.3 Å². The number of nitrogens with one attached hydrogen (secondary N) is 1. The number of nitrogens with two attached hydrogens (primary N) is 1. The standard InChI is InChI=1S/C11H17N3O/c1-7(2)10(12)11(15)14-9-5-4-8(3)6-13-9/h4-7,10H,12H2,1-3H3,(H,13,14,15)/t10-/m1/s1. The second-order valence-corrected chi connectivity index (χ2v) is 3.98. The first-order chi connectivity index (χ1) is 7.00. The summed E-state index contributed by atoms with van der Waals surface area (Å²) in [6, 6.07) is 3.16. The second-order valence-electron chi connectivity index (χ2n) is 3.98. The Morgan fingerprint density at radius 1 is 1.47 bits per heavy atom. The highest BCUT2D eigenvalue weighted by Crippen LogP contribution is 2.06. The van der Waals surface area contributed by atoms with Crippen LogP contribution in [-0.4, -0.2) is 16.9 Å². The molecule has 0 fully saturated rings. The number of carbonyl (C=O) groups is 1. The van der Waals surface area contributed by atoms with E-state index < -0.39 is 6.04 Å². The van der Waals surface area contributed by atoms with Crippen molar-refractivity contribution in [3.8, 4) is 0 Å². The van der Waals surface area contributed by atoms with Crippen molar-refractivity contribution in [3.05, 3.63) is 23.9 Å². The maximum absolute atomic E-state index is 11.6. The first kappa shape index (κ1) is 11.7. The van der Waals surface area contributed by atoms with Gasteiger partial charge in [-0.15, -0.1) is 0 Å². The number of anilines is 1. The molecule has 1 heterocycles. The molecule has 1 rings (SSSR count). The van der Waals surface area contributed by atoms with Crippen LogP contribution in [0.15, 0.2) is 18.3 Å². The first-order valence-corrected chi connectivity index (χ1v) is 5.00. The molecule has 0 bridgehead atoms. The van der Waals surface area contributed by atoms with Gasteiger partial charge < -0.3 is 11.1 Å². The topological polar surface area (TPSA) is 68.0 Å². The Hall–Kier alpha value is -1.42. The van der Waals surface area contributed by atoms with Gasteiger partial charge in [-0.2, -0.15) is 0 Å². The number of aromatic nitrogens is 1. The van der Waals surface area contributed by atoms with Crippen molar-refractivity contribution in [2.24, 2.45) is 11.7 Å². The van der Waals surface area contributed by atoms with Crippen LogP contribution in [0.25, 0.3) is 0 Å². The van der Waals surface area contributed by atoms with Crippen molar-refractivity contribution in [1.29, 1.82) is 0 Å². The summed E-state index contributed by atoms with van der Waals surface area (Å²) < 4.78 is 0. The van der Waals surface area contributed by atoms with Crippen LogP contribution in [0.4, 0.5) is 5.82 Å². The van der Waals surface area contributed by atoms with Gasteiger partial charge in [-0.3, -0.25) is 4.79 Å². The molecule has 1 atom stereocenters. The molecule has 0 saturated heterocycles. The third kappa shape index (κ3) is 3.32. The van der Waals surface area contributed by atoms with Crippen molar-refractivity contribution in [2.45, 2.75) is 26.8 Å². The van der Waals surface area contributed by atoms with E-state index in [1.807, 2.05) is 26.8 Å². The molecule has 3 N–H and O–H groups in total. The van der Waals surface area contributed by atoms with Crippen molar-refractivity contribution in [2.75, 3.05) is 5.32 Å². The number of rotatable bonds is 3. The summed E-state index contributed by atoms with van der Waals surface area (Å²) in [4.78, 5) is 15.6. The van der Waals surface area contributed by atoms with Gasteiger partial charge in [0.1, 0.15) is 5.82 Å². The van der Waals surface area contributed by atoms with Crippen molar-refractivity contribution in [1.82, 2.24) is 4.98 Å². The van der Waals surface area contributed by atoms with Gasteiger partial charge in [0.15, 0.2) is 0 Å².